The Bertz CT molecular complexity index is 1270. The third-order valence-corrected chi connectivity index (χ3v) is 4.53. The minimum absolute atomic E-state index is 0.343. The van der Waals surface area contributed by atoms with Crippen molar-refractivity contribution in [2.45, 2.75) is 0 Å². The first-order chi connectivity index (χ1) is 14.6. The summed E-state index contributed by atoms with van der Waals surface area (Å²) in [6.07, 6.45) is 1.30. The number of hydrogen-bond acceptors (Lipinski definition) is 4. The average molecular weight is 415 g/mol. The molecule has 1 amide bonds. The minimum atomic E-state index is -0.425. The van der Waals surface area contributed by atoms with Gasteiger partial charge in [-0.15, -0.1) is 0 Å². The number of para-hydroxylation sites is 2. The molecule has 0 saturated carbocycles. The van der Waals surface area contributed by atoms with Gasteiger partial charge >= 0.3 is 0 Å². The number of nitrogens with one attached hydrogen (secondary N) is 3. The van der Waals surface area contributed by atoms with Gasteiger partial charge in [0, 0.05) is 16.9 Å². The third kappa shape index (κ3) is 4.34. The summed E-state index contributed by atoms with van der Waals surface area (Å²) in [5.41, 5.74) is 4.78. The molecule has 4 aromatic rings. The second-order valence-electron chi connectivity index (χ2n) is 6.40. The number of nitrogens with zero attached hydrogens (tertiary/aromatic N) is 2. The number of thiocarbonyl (C=S) groups is 1. The fraction of sp³-hybridized carbons (Fsp3) is 0. The summed E-state index contributed by atoms with van der Waals surface area (Å²) in [5, 5.41) is 7.00. The van der Waals surface area contributed by atoms with Gasteiger partial charge in [0.25, 0.3) is 11.5 Å². The fourth-order valence-corrected chi connectivity index (χ4v) is 3.08. The Hall–Kier alpha value is -4.04. The van der Waals surface area contributed by atoms with Gasteiger partial charge in [-0.05, 0) is 60.7 Å². The van der Waals surface area contributed by atoms with E-state index >= 15 is 0 Å². The van der Waals surface area contributed by atoms with E-state index in [4.69, 9.17) is 12.2 Å². The molecule has 3 aromatic carbocycles. The van der Waals surface area contributed by atoms with Crippen LogP contribution in [0, 0.1) is 0 Å². The zero-order valence-electron chi connectivity index (χ0n) is 15.7. The van der Waals surface area contributed by atoms with Crippen molar-refractivity contribution < 1.29 is 4.79 Å². The number of aromatic nitrogens is 2. The zero-order valence-corrected chi connectivity index (χ0v) is 16.5. The lowest BCUT2D eigenvalue weighted by molar-refractivity contribution is 0.101. The molecule has 30 heavy (non-hydrogen) atoms. The molecule has 0 bridgehead atoms. The zero-order chi connectivity index (χ0) is 20.9. The largest absolute Gasteiger partial charge is 0.332 e. The van der Waals surface area contributed by atoms with Gasteiger partial charge in [0.2, 0.25) is 0 Å². The number of fused-ring (bicyclic) bond motifs is 1. The quantitative estimate of drug-likeness (QED) is 0.442. The second-order valence-corrected chi connectivity index (χ2v) is 6.81. The monoisotopic (exact) mass is 415 g/mol. The molecule has 8 heteroatoms. The highest BCUT2D eigenvalue weighted by atomic mass is 32.1. The van der Waals surface area contributed by atoms with Crippen molar-refractivity contribution in [1.29, 1.82) is 0 Å². The molecule has 3 N–H and O–H groups in total. The van der Waals surface area contributed by atoms with Gasteiger partial charge in [-0.3, -0.25) is 15.0 Å². The van der Waals surface area contributed by atoms with Crippen LogP contribution in [-0.4, -0.2) is 20.7 Å². The maximum atomic E-state index is 12.5. The van der Waals surface area contributed by atoms with E-state index in [0.29, 0.717) is 21.6 Å². The van der Waals surface area contributed by atoms with Crippen molar-refractivity contribution in [1.82, 2.24) is 9.66 Å². The minimum Gasteiger partial charge on any atom is -0.332 e. The Morgan fingerprint density at radius 3 is 2.20 bits per heavy atom. The van der Waals surface area contributed by atoms with Crippen LogP contribution in [0.5, 0.6) is 0 Å². The summed E-state index contributed by atoms with van der Waals surface area (Å²) < 4.78 is 1.08. The molecule has 0 atom stereocenters. The number of anilines is 2. The predicted octanol–water partition coefficient (Wildman–Crippen LogP) is 3.59. The Labute approximate surface area is 177 Å². The van der Waals surface area contributed by atoms with Crippen molar-refractivity contribution >= 4 is 45.5 Å². The molecule has 0 spiro atoms. The van der Waals surface area contributed by atoms with Crippen molar-refractivity contribution in [2.75, 3.05) is 16.1 Å². The highest BCUT2D eigenvalue weighted by Crippen LogP contribution is 2.12. The molecule has 4 rings (SSSR count). The van der Waals surface area contributed by atoms with Gasteiger partial charge in [-0.1, -0.05) is 30.3 Å². The molecule has 0 saturated heterocycles. The molecule has 7 nitrogen and oxygen atoms in total. The van der Waals surface area contributed by atoms with Gasteiger partial charge in [0.05, 0.1) is 10.9 Å². The molecular weight excluding hydrogens is 398 g/mol. The van der Waals surface area contributed by atoms with Crippen molar-refractivity contribution in [3.8, 4) is 0 Å². The summed E-state index contributed by atoms with van der Waals surface area (Å²) in [4.78, 5) is 29.2. The number of hydrogen-bond donors (Lipinski definition) is 3. The topological polar surface area (TPSA) is 88.0 Å². The first kappa shape index (κ1) is 19.3. The summed E-state index contributed by atoms with van der Waals surface area (Å²) in [6.45, 7) is 0. The Morgan fingerprint density at radius 2 is 1.47 bits per heavy atom. The van der Waals surface area contributed by atoms with Crippen molar-refractivity contribution in [3.05, 3.63) is 101 Å². The van der Waals surface area contributed by atoms with Crippen LogP contribution in [0.25, 0.3) is 10.9 Å². The summed E-state index contributed by atoms with van der Waals surface area (Å²) in [5.74, 6) is -0.425. The first-order valence-electron chi connectivity index (χ1n) is 9.11. The maximum Gasteiger partial charge on any atom is 0.280 e. The van der Waals surface area contributed by atoms with Crippen LogP contribution in [0.15, 0.2) is 90.0 Å². The fourth-order valence-electron chi connectivity index (χ4n) is 2.84. The molecule has 0 radical (unpaired) electrons. The second kappa shape index (κ2) is 8.54. The van der Waals surface area contributed by atoms with Crippen LogP contribution >= 0.6 is 12.2 Å². The van der Waals surface area contributed by atoms with Gasteiger partial charge in [-0.2, -0.15) is 0 Å². The van der Waals surface area contributed by atoms with Gasteiger partial charge < -0.3 is 10.6 Å². The molecule has 1 heterocycles. The first-order valence-corrected chi connectivity index (χ1v) is 9.52. The van der Waals surface area contributed by atoms with Gasteiger partial charge in [-0.25, -0.2) is 9.66 Å². The third-order valence-electron chi connectivity index (χ3n) is 4.32. The molecule has 1 aromatic heterocycles. The molecule has 0 unspecified atom stereocenters. The molecule has 0 aliphatic heterocycles. The van der Waals surface area contributed by atoms with Crippen molar-refractivity contribution in [2.24, 2.45) is 0 Å². The van der Waals surface area contributed by atoms with Crippen LogP contribution in [0.2, 0.25) is 0 Å². The van der Waals surface area contributed by atoms with Crippen molar-refractivity contribution in [3.63, 3.8) is 0 Å². The molecule has 148 valence electrons. The van der Waals surface area contributed by atoms with E-state index in [0.717, 1.165) is 16.1 Å². The lowest BCUT2D eigenvalue weighted by Crippen LogP contribution is -2.33. The smallest absolute Gasteiger partial charge is 0.280 e. The van der Waals surface area contributed by atoms with E-state index < -0.39 is 5.91 Å². The molecule has 0 fully saturated rings. The number of benzene rings is 3. The van der Waals surface area contributed by atoms with E-state index in [9.17, 15) is 9.59 Å². The van der Waals surface area contributed by atoms with Gasteiger partial charge in [0.15, 0.2) is 5.11 Å². The highest BCUT2D eigenvalue weighted by Gasteiger charge is 2.09. The van der Waals surface area contributed by atoms with E-state index in [1.54, 1.807) is 48.5 Å². The average Bonchev–Trinajstić information content (AvgIpc) is 2.77. The number of amides is 1. The number of carbonyl (C=O) groups excluding carboxylic acids is 1. The predicted molar refractivity (Wildman–Crippen MR) is 122 cm³/mol. The van der Waals surface area contributed by atoms with Crippen LogP contribution in [0.3, 0.4) is 0 Å². The Balaban J connectivity index is 1.42. The summed E-state index contributed by atoms with van der Waals surface area (Å²) in [6, 6.07) is 23.3. The van der Waals surface area contributed by atoms with Gasteiger partial charge in [0.1, 0.15) is 6.33 Å². The van der Waals surface area contributed by atoms with Crippen LogP contribution in [0.1, 0.15) is 10.4 Å². The SMILES string of the molecule is O=C(Nn1cnc2ccccc2c1=O)c1ccc(NC(=S)Nc2ccccc2)cc1. The Morgan fingerprint density at radius 1 is 0.833 bits per heavy atom. The van der Waals surface area contributed by atoms with Crippen LogP contribution in [0.4, 0.5) is 11.4 Å². The Kier molecular flexibility index (Phi) is 5.49. The summed E-state index contributed by atoms with van der Waals surface area (Å²) in [7, 11) is 0. The van der Waals surface area contributed by atoms with E-state index in [1.807, 2.05) is 30.3 Å². The van der Waals surface area contributed by atoms with Crippen LogP contribution in [-0.2, 0) is 0 Å². The van der Waals surface area contributed by atoms with E-state index in [1.165, 1.54) is 6.33 Å². The van der Waals surface area contributed by atoms with E-state index in [-0.39, 0.29) is 5.56 Å². The highest BCUT2D eigenvalue weighted by molar-refractivity contribution is 7.80. The normalized spacial score (nSPS) is 10.4. The lowest BCUT2D eigenvalue weighted by Gasteiger charge is -2.11. The molecule has 0 aliphatic rings. The molecule has 0 aliphatic carbocycles. The maximum absolute atomic E-state index is 12.5. The standard InChI is InChI=1S/C22H17N5O2S/c28-20(26-27-14-23-19-9-5-4-8-18(19)21(27)29)15-10-12-17(13-11-15)25-22(30)24-16-6-2-1-3-7-16/h1-14H,(H,26,28)(H2,24,25,30). The lowest BCUT2D eigenvalue weighted by atomic mass is 10.2. The number of carbonyl (C=O) groups is 1. The van der Waals surface area contributed by atoms with E-state index in [2.05, 4.69) is 21.0 Å². The summed E-state index contributed by atoms with van der Waals surface area (Å²) >= 11 is 5.30. The van der Waals surface area contributed by atoms with Crippen LogP contribution < -0.4 is 21.6 Å². The molecular formula is C22H17N5O2S. The number of rotatable bonds is 4.